The van der Waals surface area contributed by atoms with E-state index < -0.39 is 17.6 Å². The largest absolute Gasteiger partial charge is 0.416 e. The Balaban J connectivity index is 1.78. The highest BCUT2D eigenvalue weighted by atomic mass is 19.4. The Morgan fingerprint density at radius 3 is 2.61 bits per heavy atom. The van der Waals surface area contributed by atoms with Crippen LogP contribution in [0.4, 0.5) is 13.2 Å². The van der Waals surface area contributed by atoms with Gasteiger partial charge in [0.1, 0.15) is 12.1 Å². The van der Waals surface area contributed by atoms with Crippen LogP contribution >= 0.6 is 0 Å². The van der Waals surface area contributed by atoms with Crippen LogP contribution in [0, 0.1) is 6.92 Å². The van der Waals surface area contributed by atoms with Crippen molar-refractivity contribution in [1.29, 1.82) is 0 Å². The van der Waals surface area contributed by atoms with Crippen molar-refractivity contribution in [3.8, 4) is 0 Å². The van der Waals surface area contributed by atoms with E-state index in [1.807, 2.05) is 6.92 Å². The maximum Gasteiger partial charge on any atom is 0.416 e. The van der Waals surface area contributed by atoms with Gasteiger partial charge in [0.25, 0.3) is 5.56 Å². The van der Waals surface area contributed by atoms with Gasteiger partial charge in [0.2, 0.25) is 5.91 Å². The van der Waals surface area contributed by atoms with E-state index in [1.54, 1.807) is 17.7 Å². The van der Waals surface area contributed by atoms with Crippen LogP contribution < -0.4 is 10.9 Å². The van der Waals surface area contributed by atoms with Crippen LogP contribution in [0.1, 0.15) is 23.7 Å². The lowest BCUT2D eigenvalue weighted by Crippen LogP contribution is -2.32. The van der Waals surface area contributed by atoms with Gasteiger partial charge in [-0.25, -0.2) is 0 Å². The molecular weight excluding hydrogens is 373 g/mol. The van der Waals surface area contributed by atoms with E-state index >= 15 is 0 Å². The average Bonchev–Trinajstić information content (AvgIpc) is 2.98. The number of aromatic nitrogens is 3. The minimum absolute atomic E-state index is 0.0363. The lowest BCUT2D eigenvalue weighted by Gasteiger charge is -2.13. The summed E-state index contributed by atoms with van der Waals surface area (Å²) in [5, 5.41) is 7.45. The Labute approximate surface area is 158 Å². The first-order chi connectivity index (χ1) is 13.2. The van der Waals surface area contributed by atoms with E-state index in [9.17, 15) is 22.8 Å². The van der Waals surface area contributed by atoms with E-state index in [4.69, 9.17) is 0 Å². The van der Waals surface area contributed by atoms with Crippen LogP contribution in [-0.2, 0) is 30.6 Å². The average molecular weight is 392 g/mol. The number of hydrogen-bond donors (Lipinski definition) is 1. The summed E-state index contributed by atoms with van der Waals surface area (Å²) in [6.07, 6.45) is -3.01. The molecule has 6 nitrogen and oxygen atoms in total. The molecule has 0 radical (unpaired) electrons. The molecule has 0 aliphatic carbocycles. The fraction of sp³-hybridized carbons (Fsp3) is 0.316. The third-order valence-corrected chi connectivity index (χ3v) is 4.47. The van der Waals surface area contributed by atoms with Gasteiger partial charge in [-0.1, -0.05) is 18.2 Å². The highest BCUT2D eigenvalue weighted by molar-refractivity contribution is 5.81. The number of pyridine rings is 1. The zero-order chi connectivity index (χ0) is 20.5. The van der Waals surface area contributed by atoms with Crippen molar-refractivity contribution in [2.24, 2.45) is 0 Å². The molecule has 1 amide bonds. The number of halogens is 3. The second-order valence-electron chi connectivity index (χ2n) is 6.34. The van der Waals surface area contributed by atoms with Gasteiger partial charge >= 0.3 is 6.18 Å². The Bertz CT molecular complexity index is 1080. The van der Waals surface area contributed by atoms with Crippen molar-refractivity contribution < 1.29 is 18.0 Å². The van der Waals surface area contributed by atoms with Crippen molar-refractivity contribution in [3.05, 3.63) is 63.7 Å². The smallest absolute Gasteiger partial charge is 0.350 e. The molecule has 0 bridgehead atoms. The first-order valence-electron chi connectivity index (χ1n) is 8.70. The lowest BCUT2D eigenvalue weighted by molar-refractivity contribution is -0.138. The first-order valence-corrected chi connectivity index (χ1v) is 8.70. The summed E-state index contributed by atoms with van der Waals surface area (Å²) < 4.78 is 41.9. The van der Waals surface area contributed by atoms with Crippen molar-refractivity contribution in [2.45, 2.75) is 39.7 Å². The maximum absolute atomic E-state index is 13.0. The summed E-state index contributed by atoms with van der Waals surface area (Å²) in [4.78, 5) is 24.9. The van der Waals surface area contributed by atoms with Gasteiger partial charge < -0.3 is 9.88 Å². The van der Waals surface area contributed by atoms with Crippen LogP contribution in [0.3, 0.4) is 0 Å². The second kappa shape index (κ2) is 7.49. The number of nitrogens with one attached hydrogen (secondary N) is 1. The molecule has 0 unspecified atom stereocenters. The Morgan fingerprint density at radius 1 is 1.21 bits per heavy atom. The normalized spacial score (nSPS) is 11.8. The van der Waals surface area contributed by atoms with Crippen molar-refractivity contribution >= 4 is 16.8 Å². The topological polar surface area (TPSA) is 68.9 Å². The molecule has 0 spiro atoms. The number of amides is 1. The van der Waals surface area contributed by atoms with Crippen LogP contribution in [0.25, 0.3) is 10.9 Å². The fourth-order valence-corrected chi connectivity index (χ4v) is 3.10. The third-order valence-electron chi connectivity index (χ3n) is 4.47. The molecule has 0 saturated heterocycles. The molecule has 148 valence electrons. The molecule has 0 saturated carbocycles. The SMILES string of the molecule is CCn1nc(C)c2ccn(CC(=O)NCc3ccccc3C(F)(F)F)c(=O)c21. The number of fused-ring (bicyclic) bond motifs is 1. The minimum atomic E-state index is -4.50. The molecule has 0 aliphatic heterocycles. The lowest BCUT2D eigenvalue weighted by atomic mass is 10.1. The number of alkyl halides is 3. The molecule has 2 aromatic heterocycles. The fourth-order valence-electron chi connectivity index (χ4n) is 3.10. The molecule has 28 heavy (non-hydrogen) atoms. The molecule has 2 heterocycles. The van der Waals surface area contributed by atoms with Gasteiger partial charge in [-0.15, -0.1) is 0 Å². The molecule has 3 rings (SSSR count). The van der Waals surface area contributed by atoms with E-state index in [0.717, 1.165) is 6.07 Å². The molecular formula is C19H19F3N4O2. The summed E-state index contributed by atoms with van der Waals surface area (Å²) in [6.45, 7) is 3.58. The molecule has 1 aromatic carbocycles. The number of aryl methyl sites for hydroxylation is 2. The monoisotopic (exact) mass is 392 g/mol. The summed E-state index contributed by atoms with van der Waals surface area (Å²) in [5.74, 6) is -0.558. The number of hydrogen-bond acceptors (Lipinski definition) is 3. The molecule has 3 aromatic rings. The van der Waals surface area contributed by atoms with Gasteiger partial charge in [0.05, 0.1) is 11.3 Å². The predicted molar refractivity (Wildman–Crippen MR) is 97.7 cm³/mol. The number of nitrogens with zero attached hydrogens (tertiary/aromatic N) is 3. The highest BCUT2D eigenvalue weighted by Crippen LogP contribution is 2.31. The van der Waals surface area contributed by atoms with E-state index in [2.05, 4.69) is 10.4 Å². The summed E-state index contributed by atoms with van der Waals surface area (Å²) in [6, 6.07) is 6.75. The van der Waals surface area contributed by atoms with Gasteiger partial charge in [-0.3, -0.25) is 14.3 Å². The molecule has 1 N–H and O–H groups in total. The van der Waals surface area contributed by atoms with Crippen LogP contribution in [-0.4, -0.2) is 20.3 Å². The number of rotatable bonds is 5. The maximum atomic E-state index is 13.0. The molecule has 0 fully saturated rings. The molecule has 0 aliphatic rings. The Hall–Kier alpha value is -3.10. The number of carbonyl (C=O) groups excluding carboxylic acids is 1. The number of benzene rings is 1. The van der Waals surface area contributed by atoms with E-state index in [1.165, 1.54) is 29.0 Å². The Morgan fingerprint density at radius 2 is 1.93 bits per heavy atom. The van der Waals surface area contributed by atoms with Gasteiger partial charge in [-0.2, -0.15) is 18.3 Å². The van der Waals surface area contributed by atoms with E-state index in [0.29, 0.717) is 23.1 Å². The summed E-state index contributed by atoms with van der Waals surface area (Å²) in [5.41, 5.74) is -0.0835. The Kier molecular flexibility index (Phi) is 5.26. The molecule has 0 atom stereocenters. The third kappa shape index (κ3) is 3.78. The molecule has 9 heteroatoms. The first kappa shape index (κ1) is 19.7. The second-order valence-corrected chi connectivity index (χ2v) is 6.34. The zero-order valence-corrected chi connectivity index (χ0v) is 15.4. The van der Waals surface area contributed by atoms with Crippen molar-refractivity contribution in [2.75, 3.05) is 0 Å². The van der Waals surface area contributed by atoms with Crippen LogP contribution in [0.2, 0.25) is 0 Å². The summed E-state index contributed by atoms with van der Waals surface area (Å²) in [7, 11) is 0. The van der Waals surface area contributed by atoms with Crippen molar-refractivity contribution in [3.63, 3.8) is 0 Å². The van der Waals surface area contributed by atoms with E-state index in [-0.39, 0.29) is 24.2 Å². The zero-order valence-electron chi connectivity index (χ0n) is 15.4. The van der Waals surface area contributed by atoms with Crippen LogP contribution in [0.15, 0.2) is 41.3 Å². The quantitative estimate of drug-likeness (QED) is 0.726. The summed E-state index contributed by atoms with van der Waals surface area (Å²) >= 11 is 0. The highest BCUT2D eigenvalue weighted by Gasteiger charge is 2.32. The van der Waals surface area contributed by atoms with Gasteiger partial charge in [0, 0.05) is 24.7 Å². The van der Waals surface area contributed by atoms with Gasteiger partial charge in [0.15, 0.2) is 0 Å². The minimum Gasteiger partial charge on any atom is -0.350 e. The van der Waals surface area contributed by atoms with Gasteiger partial charge in [-0.05, 0) is 31.5 Å². The standard InChI is InChI=1S/C19H19F3N4O2/c1-3-26-17-14(12(2)24-26)8-9-25(18(17)28)11-16(27)23-10-13-6-4-5-7-15(13)19(20,21)22/h4-9H,3,10-11H2,1-2H3,(H,23,27). The van der Waals surface area contributed by atoms with Crippen molar-refractivity contribution in [1.82, 2.24) is 19.7 Å². The predicted octanol–water partition coefficient (Wildman–Crippen LogP) is 2.86. The number of carbonyl (C=O) groups is 1. The van der Waals surface area contributed by atoms with Crippen LogP contribution in [0.5, 0.6) is 0 Å².